The van der Waals surface area contributed by atoms with E-state index in [-0.39, 0.29) is 17.2 Å². The quantitative estimate of drug-likeness (QED) is 0.612. The van der Waals surface area contributed by atoms with E-state index in [1.807, 2.05) is 36.4 Å². The Hall–Kier alpha value is -4.70. The molecule has 1 heterocycles. The number of nitrogens with zero attached hydrogens (tertiary/aromatic N) is 3. The molecule has 3 aromatic carbocycles. The maximum atomic E-state index is 13.6. The maximum Gasteiger partial charge on any atom is 0.282 e. The highest BCUT2D eigenvalue weighted by Gasteiger charge is 2.42. The third-order valence-electron chi connectivity index (χ3n) is 5.29. The van der Waals surface area contributed by atoms with Gasteiger partial charge in [-0.15, -0.1) is 0 Å². The number of benzene rings is 3. The van der Waals surface area contributed by atoms with Crippen LogP contribution in [-0.2, 0) is 14.4 Å². The molecule has 0 bridgehead atoms. The second-order valence-electron chi connectivity index (χ2n) is 7.48. The molecule has 0 aromatic heterocycles. The van der Waals surface area contributed by atoms with Crippen LogP contribution in [0.3, 0.4) is 0 Å². The molecule has 7 nitrogen and oxygen atoms in total. The van der Waals surface area contributed by atoms with E-state index in [0.717, 1.165) is 10.6 Å². The highest BCUT2D eigenvalue weighted by molar-refractivity contribution is 6.46. The van der Waals surface area contributed by atoms with Crippen LogP contribution in [0.15, 0.2) is 84.6 Å². The molecule has 7 heteroatoms. The third-order valence-corrected chi connectivity index (χ3v) is 5.29. The van der Waals surface area contributed by atoms with Crippen LogP contribution in [0.5, 0.6) is 0 Å². The summed E-state index contributed by atoms with van der Waals surface area (Å²) in [4.78, 5) is 41.3. The van der Waals surface area contributed by atoms with E-state index in [4.69, 9.17) is 5.26 Å². The minimum Gasteiger partial charge on any atom is -0.339 e. The predicted octanol–water partition coefficient (Wildman–Crippen LogP) is 3.94. The van der Waals surface area contributed by atoms with Crippen molar-refractivity contribution in [2.24, 2.45) is 0 Å². The molecule has 33 heavy (non-hydrogen) atoms. The molecule has 0 radical (unpaired) electrons. The van der Waals surface area contributed by atoms with Gasteiger partial charge in [-0.25, -0.2) is 4.90 Å². The standard InChI is InChI=1S/C26H20N4O3/c1-17(31)28-20-12-10-19(11-13-20)23-24(29(2)21-6-4-3-5-7-21)26(33)30(25(23)32)22-14-8-18(16-27)9-15-22/h3-15H,1-2H3,(H,28,31). The number of carbonyl (C=O) groups excluding carboxylic acids is 3. The molecule has 0 aliphatic carbocycles. The van der Waals surface area contributed by atoms with Crippen molar-refractivity contribution in [3.05, 3.63) is 95.7 Å². The number of anilines is 3. The Kier molecular flexibility index (Phi) is 5.75. The first-order valence-corrected chi connectivity index (χ1v) is 10.2. The van der Waals surface area contributed by atoms with E-state index < -0.39 is 11.8 Å². The Bertz CT molecular complexity index is 1300. The number of rotatable bonds is 5. The molecule has 1 aliphatic heterocycles. The number of imide groups is 1. The zero-order chi connectivity index (χ0) is 23.5. The summed E-state index contributed by atoms with van der Waals surface area (Å²) in [6.45, 7) is 1.41. The summed E-state index contributed by atoms with van der Waals surface area (Å²) >= 11 is 0. The first kappa shape index (κ1) is 21.5. The molecular weight excluding hydrogens is 416 g/mol. The van der Waals surface area contributed by atoms with Crippen molar-refractivity contribution in [3.8, 4) is 6.07 Å². The molecule has 162 valence electrons. The van der Waals surface area contributed by atoms with Crippen molar-refractivity contribution >= 4 is 40.4 Å². The monoisotopic (exact) mass is 436 g/mol. The summed E-state index contributed by atoms with van der Waals surface area (Å²) < 4.78 is 0. The van der Waals surface area contributed by atoms with Gasteiger partial charge >= 0.3 is 0 Å². The SMILES string of the molecule is CC(=O)Nc1ccc(C2=C(N(C)c3ccccc3)C(=O)N(c3ccc(C#N)cc3)C2=O)cc1. The van der Waals surface area contributed by atoms with Crippen LogP contribution in [-0.4, -0.2) is 24.8 Å². The number of amides is 3. The van der Waals surface area contributed by atoms with Gasteiger partial charge in [0.2, 0.25) is 5.91 Å². The first-order valence-electron chi connectivity index (χ1n) is 10.2. The minimum absolute atomic E-state index is 0.203. The number of hydrogen-bond donors (Lipinski definition) is 1. The summed E-state index contributed by atoms with van der Waals surface area (Å²) in [5.74, 6) is -1.13. The van der Waals surface area contributed by atoms with Crippen molar-refractivity contribution < 1.29 is 14.4 Å². The smallest absolute Gasteiger partial charge is 0.282 e. The molecule has 0 fully saturated rings. The van der Waals surface area contributed by atoms with E-state index in [9.17, 15) is 14.4 Å². The number of hydrogen-bond acceptors (Lipinski definition) is 5. The van der Waals surface area contributed by atoms with Gasteiger partial charge in [0, 0.05) is 25.3 Å². The summed E-state index contributed by atoms with van der Waals surface area (Å²) in [6, 6.07) is 24.4. The first-order chi connectivity index (χ1) is 15.9. The van der Waals surface area contributed by atoms with Gasteiger partial charge in [0.25, 0.3) is 11.8 Å². The van der Waals surface area contributed by atoms with Crippen LogP contribution < -0.4 is 15.1 Å². The molecule has 3 amide bonds. The maximum absolute atomic E-state index is 13.6. The van der Waals surface area contributed by atoms with Crippen LogP contribution >= 0.6 is 0 Å². The van der Waals surface area contributed by atoms with Crippen LogP contribution in [0.25, 0.3) is 5.57 Å². The van der Waals surface area contributed by atoms with Crippen LogP contribution in [0, 0.1) is 11.3 Å². The molecular formula is C26H20N4O3. The average molecular weight is 436 g/mol. The van der Waals surface area contributed by atoms with Gasteiger partial charge in [-0.3, -0.25) is 14.4 Å². The molecule has 4 rings (SSSR count). The molecule has 1 N–H and O–H groups in total. The van der Waals surface area contributed by atoms with Crippen molar-refractivity contribution in [1.82, 2.24) is 0 Å². The Morgan fingerprint density at radius 2 is 1.55 bits per heavy atom. The number of likely N-dealkylation sites (N-methyl/N-ethyl adjacent to an activating group) is 1. The van der Waals surface area contributed by atoms with Crippen molar-refractivity contribution in [3.63, 3.8) is 0 Å². The van der Waals surface area contributed by atoms with Gasteiger partial charge in [-0.2, -0.15) is 5.26 Å². The molecule has 0 unspecified atom stereocenters. The van der Waals surface area contributed by atoms with Crippen molar-refractivity contribution in [1.29, 1.82) is 5.26 Å². The van der Waals surface area contributed by atoms with E-state index in [1.165, 1.54) is 6.92 Å². The van der Waals surface area contributed by atoms with E-state index in [2.05, 4.69) is 5.32 Å². The number of nitriles is 1. The molecule has 3 aromatic rings. The topological polar surface area (TPSA) is 93.5 Å². The van der Waals surface area contributed by atoms with Crippen LogP contribution in [0.2, 0.25) is 0 Å². The fourth-order valence-corrected chi connectivity index (χ4v) is 3.71. The zero-order valence-corrected chi connectivity index (χ0v) is 18.1. The normalized spacial score (nSPS) is 13.2. The number of para-hydroxylation sites is 1. The second-order valence-corrected chi connectivity index (χ2v) is 7.48. The van der Waals surface area contributed by atoms with Gasteiger partial charge in [0.15, 0.2) is 0 Å². The van der Waals surface area contributed by atoms with Gasteiger partial charge in [0.1, 0.15) is 5.70 Å². The largest absolute Gasteiger partial charge is 0.339 e. The Morgan fingerprint density at radius 1 is 0.909 bits per heavy atom. The van der Waals surface area contributed by atoms with E-state index in [1.54, 1.807) is 60.5 Å². The van der Waals surface area contributed by atoms with E-state index in [0.29, 0.717) is 22.5 Å². The summed E-state index contributed by atoms with van der Waals surface area (Å²) in [5, 5.41) is 11.8. The Balaban J connectivity index is 1.82. The number of nitrogens with one attached hydrogen (secondary N) is 1. The lowest BCUT2D eigenvalue weighted by molar-refractivity contribution is -0.120. The van der Waals surface area contributed by atoms with Gasteiger partial charge < -0.3 is 10.2 Å². The Morgan fingerprint density at radius 3 is 2.12 bits per heavy atom. The lowest BCUT2D eigenvalue weighted by Gasteiger charge is -2.21. The summed E-state index contributed by atoms with van der Waals surface area (Å²) in [5.41, 5.74) is 3.20. The van der Waals surface area contributed by atoms with Crippen LogP contribution in [0.4, 0.5) is 17.1 Å². The zero-order valence-electron chi connectivity index (χ0n) is 18.1. The highest BCUT2D eigenvalue weighted by atomic mass is 16.2. The number of carbonyl (C=O) groups is 3. The van der Waals surface area contributed by atoms with Gasteiger partial charge in [-0.05, 0) is 54.1 Å². The van der Waals surface area contributed by atoms with Gasteiger partial charge in [0.05, 0.1) is 22.9 Å². The lowest BCUT2D eigenvalue weighted by atomic mass is 10.0. The van der Waals surface area contributed by atoms with Gasteiger partial charge in [-0.1, -0.05) is 30.3 Å². The van der Waals surface area contributed by atoms with Crippen LogP contribution in [0.1, 0.15) is 18.1 Å². The molecule has 0 saturated carbocycles. The lowest BCUT2D eigenvalue weighted by Crippen LogP contribution is -2.34. The van der Waals surface area contributed by atoms with E-state index >= 15 is 0 Å². The Labute approximate surface area is 191 Å². The molecule has 1 aliphatic rings. The van der Waals surface area contributed by atoms with Crippen molar-refractivity contribution in [2.75, 3.05) is 22.2 Å². The average Bonchev–Trinajstić information content (AvgIpc) is 3.09. The molecule has 0 spiro atoms. The molecule has 0 saturated heterocycles. The summed E-state index contributed by atoms with van der Waals surface area (Å²) in [7, 11) is 1.74. The highest BCUT2D eigenvalue weighted by Crippen LogP contribution is 2.36. The predicted molar refractivity (Wildman–Crippen MR) is 126 cm³/mol. The second kappa shape index (κ2) is 8.81. The fraction of sp³-hybridized carbons (Fsp3) is 0.0769. The minimum atomic E-state index is -0.463. The summed E-state index contributed by atoms with van der Waals surface area (Å²) in [6.07, 6.45) is 0. The fourth-order valence-electron chi connectivity index (χ4n) is 3.71. The molecule has 0 atom stereocenters. The third kappa shape index (κ3) is 4.10. The van der Waals surface area contributed by atoms with Crippen molar-refractivity contribution in [2.45, 2.75) is 6.92 Å².